The van der Waals surface area contributed by atoms with Gasteiger partial charge in [-0.3, -0.25) is 15.0 Å². The van der Waals surface area contributed by atoms with E-state index in [4.69, 9.17) is 4.74 Å². The molecule has 4 rings (SSSR count). The van der Waals surface area contributed by atoms with Crippen LogP contribution in [0.5, 0.6) is 11.6 Å². The zero-order valence-electron chi connectivity index (χ0n) is 17.0. The van der Waals surface area contributed by atoms with E-state index in [9.17, 15) is 4.79 Å². The Morgan fingerprint density at radius 2 is 1.81 bits per heavy atom. The first-order valence-electron chi connectivity index (χ1n) is 9.85. The Morgan fingerprint density at radius 3 is 2.55 bits per heavy atom. The highest BCUT2D eigenvalue weighted by molar-refractivity contribution is 5.98. The molecule has 4 aromatic rings. The molecule has 3 aromatic heterocycles. The van der Waals surface area contributed by atoms with Crippen LogP contribution in [0.3, 0.4) is 0 Å². The van der Waals surface area contributed by atoms with Gasteiger partial charge in [0.1, 0.15) is 5.75 Å². The number of hydrogen-bond donors (Lipinski definition) is 2. The van der Waals surface area contributed by atoms with Gasteiger partial charge in [0.25, 0.3) is 0 Å². The first kappa shape index (κ1) is 20.1. The summed E-state index contributed by atoms with van der Waals surface area (Å²) in [5.74, 6) is 1.62. The smallest absolute Gasteiger partial charge is 0.324 e. The summed E-state index contributed by atoms with van der Waals surface area (Å²) < 4.78 is 7.48. The largest absolute Gasteiger partial charge is 0.439 e. The average molecular weight is 414 g/mol. The Kier molecular flexibility index (Phi) is 6.18. The van der Waals surface area contributed by atoms with Gasteiger partial charge < -0.3 is 10.1 Å². The molecule has 0 spiro atoms. The van der Waals surface area contributed by atoms with Gasteiger partial charge >= 0.3 is 6.03 Å². The molecule has 2 amide bonds. The van der Waals surface area contributed by atoms with Crippen molar-refractivity contribution in [3.63, 3.8) is 0 Å². The van der Waals surface area contributed by atoms with Crippen LogP contribution in [-0.4, -0.2) is 25.8 Å². The number of hydrogen-bond acceptors (Lipinski definition) is 5. The SMILES string of the molecule is Cc1ccc(Oc2ccc(NC(=O)Nc3ccn(CCc4ccncc4)n3)cn2)cc1. The summed E-state index contributed by atoms with van der Waals surface area (Å²) in [5.41, 5.74) is 2.88. The third kappa shape index (κ3) is 5.89. The van der Waals surface area contributed by atoms with Gasteiger partial charge in [-0.2, -0.15) is 5.10 Å². The Labute approximate surface area is 179 Å². The highest BCUT2D eigenvalue weighted by atomic mass is 16.5. The van der Waals surface area contributed by atoms with Crippen molar-refractivity contribution >= 4 is 17.5 Å². The molecule has 8 nitrogen and oxygen atoms in total. The summed E-state index contributed by atoms with van der Waals surface area (Å²) in [5, 5.41) is 9.82. The van der Waals surface area contributed by atoms with E-state index >= 15 is 0 Å². The van der Waals surface area contributed by atoms with Gasteiger partial charge in [0.05, 0.1) is 11.9 Å². The van der Waals surface area contributed by atoms with Gasteiger partial charge in [-0.05, 0) is 49.2 Å². The summed E-state index contributed by atoms with van der Waals surface area (Å²) in [6, 6.07) is 16.4. The molecule has 0 unspecified atom stereocenters. The van der Waals surface area contributed by atoms with Crippen molar-refractivity contribution in [3.8, 4) is 11.6 Å². The standard InChI is InChI=1S/C23H22N6O2/c1-17-2-5-20(6-3-17)31-22-7-4-19(16-25-22)26-23(30)27-21-11-15-29(28-21)14-10-18-8-12-24-13-9-18/h2-9,11-13,15-16H,10,14H2,1H3,(H2,26,27,28,30). The molecule has 0 aliphatic carbocycles. The first-order chi connectivity index (χ1) is 15.1. The number of pyridine rings is 2. The van der Waals surface area contributed by atoms with Crippen LogP contribution in [0.15, 0.2) is 79.4 Å². The molecule has 0 saturated heterocycles. The Hall–Kier alpha value is -4.20. The molecule has 1 aromatic carbocycles. The van der Waals surface area contributed by atoms with E-state index in [0.29, 0.717) is 29.7 Å². The summed E-state index contributed by atoms with van der Waals surface area (Å²) in [4.78, 5) is 20.5. The van der Waals surface area contributed by atoms with Crippen molar-refractivity contribution in [2.24, 2.45) is 0 Å². The van der Waals surface area contributed by atoms with E-state index in [0.717, 1.165) is 12.0 Å². The number of carbonyl (C=O) groups is 1. The number of aromatic nitrogens is 4. The minimum Gasteiger partial charge on any atom is -0.439 e. The van der Waals surface area contributed by atoms with Crippen LogP contribution in [0.1, 0.15) is 11.1 Å². The molecule has 0 fully saturated rings. The lowest BCUT2D eigenvalue weighted by atomic mass is 10.2. The Bertz CT molecular complexity index is 1120. The number of rotatable bonds is 7. The number of amides is 2. The van der Waals surface area contributed by atoms with Crippen LogP contribution in [0.2, 0.25) is 0 Å². The lowest BCUT2D eigenvalue weighted by molar-refractivity contribution is 0.262. The van der Waals surface area contributed by atoms with E-state index in [1.54, 1.807) is 35.3 Å². The number of nitrogens with one attached hydrogen (secondary N) is 2. The zero-order chi connectivity index (χ0) is 21.5. The molecule has 0 bridgehead atoms. The number of urea groups is 1. The number of aryl methyl sites for hydroxylation is 3. The molecule has 8 heteroatoms. The predicted octanol–water partition coefficient (Wildman–Crippen LogP) is 4.66. The quantitative estimate of drug-likeness (QED) is 0.459. The summed E-state index contributed by atoms with van der Waals surface area (Å²) in [6.45, 7) is 2.72. The van der Waals surface area contributed by atoms with Crippen molar-refractivity contribution in [1.29, 1.82) is 0 Å². The second kappa shape index (κ2) is 9.53. The third-order valence-corrected chi connectivity index (χ3v) is 4.50. The molecule has 0 saturated carbocycles. The predicted molar refractivity (Wildman–Crippen MR) is 118 cm³/mol. The van der Waals surface area contributed by atoms with Crippen LogP contribution >= 0.6 is 0 Å². The lowest BCUT2D eigenvalue weighted by Crippen LogP contribution is -2.20. The second-order valence-electron chi connectivity index (χ2n) is 6.95. The summed E-state index contributed by atoms with van der Waals surface area (Å²) in [6.07, 6.45) is 7.74. The first-order valence-corrected chi connectivity index (χ1v) is 9.85. The number of ether oxygens (including phenoxy) is 1. The van der Waals surface area contributed by atoms with Gasteiger partial charge in [-0.15, -0.1) is 0 Å². The fraction of sp³-hybridized carbons (Fsp3) is 0.130. The Morgan fingerprint density at radius 1 is 1.00 bits per heavy atom. The van der Waals surface area contributed by atoms with E-state index in [2.05, 4.69) is 25.7 Å². The molecular weight excluding hydrogens is 392 g/mol. The van der Waals surface area contributed by atoms with Crippen molar-refractivity contribution < 1.29 is 9.53 Å². The van der Waals surface area contributed by atoms with Crippen molar-refractivity contribution in [3.05, 3.63) is 90.5 Å². The van der Waals surface area contributed by atoms with E-state index in [1.165, 1.54) is 11.8 Å². The van der Waals surface area contributed by atoms with Gasteiger partial charge in [0, 0.05) is 37.3 Å². The highest BCUT2D eigenvalue weighted by Crippen LogP contribution is 2.20. The van der Waals surface area contributed by atoms with Crippen molar-refractivity contribution in [2.75, 3.05) is 10.6 Å². The lowest BCUT2D eigenvalue weighted by Gasteiger charge is -2.08. The molecule has 2 N–H and O–H groups in total. The second-order valence-corrected chi connectivity index (χ2v) is 6.95. The number of nitrogens with zero attached hydrogens (tertiary/aromatic N) is 4. The monoisotopic (exact) mass is 414 g/mol. The topological polar surface area (TPSA) is 94.0 Å². The Balaban J connectivity index is 1.26. The minimum atomic E-state index is -0.395. The fourth-order valence-corrected chi connectivity index (χ4v) is 2.87. The van der Waals surface area contributed by atoms with Crippen molar-refractivity contribution in [2.45, 2.75) is 19.9 Å². The van der Waals surface area contributed by atoms with Crippen molar-refractivity contribution in [1.82, 2.24) is 19.7 Å². The highest BCUT2D eigenvalue weighted by Gasteiger charge is 2.07. The number of carbonyl (C=O) groups excluding carboxylic acids is 1. The van der Waals surface area contributed by atoms with Crippen LogP contribution in [0.25, 0.3) is 0 Å². The number of benzene rings is 1. The molecule has 31 heavy (non-hydrogen) atoms. The summed E-state index contributed by atoms with van der Waals surface area (Å²) >= 11 is 0. The molecule has 3 heterocycles. The molecule has 0 aliphatic heterocycles. The zero-order valence-corrected chi connectivity index (χ0v) is 17.0. The minimum absolute atomic E-state index is 0.395. The van der Waals surface area contributed by atoms with Gasteiger partial charge in [0.15, 0.2) is 5.82 Å². The molecular formula is C23H22N6O2. The van der Waals surface area contributed by atoms with Gasteiger partial charge in [-0.25, -0.2) is 9.78 Å². The maximum atomic E-state index is 12.2. The molecule has 0 atom stereocenters. The normalized spacial score (nSPS) is 10.5. The maximum Gasteiger partial charge on any atom is 0.324 e. The van der Waals surface area contributed by atoms with E-state index < -0.39 is 6.03 Å². The summed E-state index contributed by atoms with van der Waals surface area (Å²) in [7, 11) is 0. The average Bonchev–Trinajstić information content (AvgIpc) is 3.23. The van der Waals surface area contributed by atoms with E-state index in [1.807, 2.05) is 49.5 Å². The number of anilines is 2. The maximum absolute atomic E-state index is 12.2. The molecule has 0 aliphatic rings. The van der Waals surface area contributed by atoms with Gasteiger partial charge in [-0.1, -0.05) is 17.7 Å². The van der Waals surface area contributed by atoms with Crippen LogP contribution < -0.4 is 15.4 Å². The molecule has 156 valence electrons. The third-order valence-electron chi connectivity index (χ3n) is 4.50. The fourth-order valence-electron chi connectivity index (χ4n) is 2.87. The van der Waals surface area contributed by atoms with E-state index in [-0.39, 0.29) is 0 Å². The van der Waals surface area contributed by atoms with Crippen LogP contribution in [-0.2, 0) is 13.0 Å². The van der Waals surface area contributed by atoms with Crippen LogP contribution in [0.4, 0.5) is 16.3 Å². The van der Waals surface area contributed by atoms with Gasteiger partial charge in [0.2, 0.25) is 5.88 Å². The van der Waals surface area contributed by atoms with Crippen LogP contribution in [0, 0.1) is 6.92 Å². The molecule has 0 radical (unpaired) electrons.